The SMILES string of the molecule is COCCCN1C(=O)c2ccc(C(=O)Nc3c(C)cccc3C)cc2C1=O. The molecule has 140 valence electrons. The van der Waals surface area contributed by atoms with Gasteiger partial charge in [0, 0.05) is 31.5 Å². The van der Waals surface area contributed by atoms with E-state index in [1.165, 1.54) is 11.0 Å². The van der Waals surface area contributed by atoms with E-state index in [1.54, 1.807) is 19.2 Å². The molecule has 27 heavy (non-hydrogen) atoms. The first-order valence-corrected chi connectivity index (χ1v) is 8.80. The number of nitrogens with zero attached hydrogens (tertiary/aromatic N) is 1. The van der Waals surface area contributed by atoms with Crippen LogP contribution in [0.4, 0.5) is 5.69 Å². The maximum absolute atomic E-state index is 12.7. The maximum atomic E-state index is 12.7. The normalized spacial score (nSPS) is 13.1. The first kappa shape index (κ1) is 18.8. The number of carbonyl (C=O) groups is 3. The summed E-state index contributed by atoms with van der Waals surface area (Å²) in [6, 6.07) is 10.4. The molecule has 1 N–H and O–H groups in total. The van der Waals surface area contributed by atoms with Gasteiger partial charge < -0.3 is 10.1 Å². The molecule has 0 aliphatic carbocycles. The average Bonchev–Trinajstić information content (AvgIpc) is 2.89. The minimum absolute atomic E-state index is 0.270. The van der Waals surface area contributed by atoms with E-state index in [-0.39, 0.29) is 23.3 Å². The Kier molecular flexibility index (Phi) is 5.37. The van der Waals surface area contributed by atoms with Crippen LogP contribution < -0.4 is 5.32 Å². The second-order valence-corrected chi connectivity index (χ2v) is 6.59. The molecule has 1 aliphatic rings. The zero-order valence-corrected chi connectivity index (χ0v) is 15.7. The maximum Gasteiger partial charge on any atom is 0.261 e. The smallest absolute Gasteiger partial charge is 0.261 e. The van der Waals surface area contributed by atoms with Crippen molar-refractivity contribution in [2.24, 2.45) is 0 Å². The van der Waals surface area contributed by atoms with Crippen LogP contribution in [0, 0.1) is 13.8 Å². The van der Waals surface area contributed by atoms with Crippen LogP contribution in [0.25, 0.3) is 0 Å². The minimum Gasteiger partial charge on any atom is -0.385 e. The fourth-order valence-corrected chi connectivity index (χ4v) is 3.20. The first-order valence-electron chi connectivity index (χ1n) is 8.80. The zero-order chi connectivity index (χ0) is 19.6. The molecule has 0 atom stereocenters. The molecule has 2 aromatic carbocycles. The van der Waals surface area contributed by atoms with Crippen molar-refractivity contribution in [3.05, 3.63) is 64.2 Å². The summed E-state index contributed by atoms with van der Waals surface area (Å²) in [5, 5.41) is 2.90. The Morgan fingerprint density at radius 3 is 2.37 bits per heavy atom. The Balaban J connectivity index is 1.82. The molecule has 6 heteroatoms. The van der Waals surface area contributed by atoms with Crippen LogP contribution in [-0.2, 0) is 4.74 Å². The number of amides is 3. The number of nitrogens with one attached hydrogen (secondary N) is 1. The Bertz CT molecular complexity index is 900. The number of anilines is 1. The summed E-state index contributed by atoms with van der Waals surface area (Å²) in [5.74, 6) is -1.01. The van der Waals surface area contributed by atoms with Crippen LogP contribution in [0.2, 0.25) is 0 Å². The second kappa shape index (κ2) is 7.72. The van der Waals surface area contributed by atoms with Gasteiger partial charge in [-0.25, -0.2) is 0 Å². The van der Waals surface area contributed by atoms with E-state index < -0.39 is 0 Å². The summed E-state index contributed by atoms with van der Waals surface area (Å²) >= 11 is 0. The van der Waals surface area contributed by atoms with Crippen LogP contribution >= 0.6 is 0 Å². The number of benzene rings is 2. The van der Waals surface area contributed by atoms with E-state index >= 15 is 0 Å². The molecule has 0 radical (unpaired) electrons. The van der Waals surface area contributed by atoms with E-state index in [4.69, 9.17) is 4.74 Å². The molecule has 0 saturated carbocycles. The quantitative estimate of drug-likeness (QED) is 0.629. The molecule has 1 aliphatic heterocycles. The molecule has 0 unspecified atom stereocenters. The lowest BCUT2D eigenvalue weighted by Crippen LogP contribution is -2.31. The van der Waals surface area contributed by atoms with Gasteiger partial charge in [0.15, 0.2) is 0 Å². The number of aryl methyl sites for hydroxylation is 2. The summed E-state index contributed by atoms with van der Waals surface area (Å²) in [6.45, 7) is 4.61. The molecule has 3 rings (SSSR count). The van der Waals surface area contributed by atoms with Gasteiger partial charge >= 0.3 is 0 Å². The van der Waals surface area contributed by atoms with Crippen LogP contribution in [0.5, 0.6) is 0 Å². The monoisotopic (exact) mass is 366 g/mol. The molecular weight excluding hydrogens is 344 g/mol. The molecule has 0 bridgehead atoms. The van der Waals surface area contributed by atoms with E-state index in [1.807, 2.05) is 32.0 Å². The van der Waals surface area contributed by atoms with E-state index in [0.29, 0.717) is 30.7 Å². The van der Waals surface area contributed by atoms with Gasteiger partial charge in [-0.2, -0.15) is 0 Å². The van der Waals surface area contributed by atoms with Crippen molar-refractivity contribution in [3.8, 4) is 0 Å². The van der Waals surface area contributed by atoms with Gasteiger partial charge in [0.05, 0.1) is 11.1 Å². The molecule has 1 heterocycles. The van der Waals surface area contributed by atoms with E-state index in [0.717, 1.165) is 16.8 Å². The molecule has 3 amide bonds. The highest BCUT2D eigenvalue weighted by Crippen LogP contribution is 2.25. The van der Waals surface area contributed by atoms with E-state index in [9.17, 15) is 14.4 Å². The number of para-hydroxylation sites is 1. The van der Waals surface area contributed by atoms with Crippen molar-refractivity contribution in [2.45, 2.75) is 20.3 Å². The third-order valence-corrected chi connectivity index (χ3v) is 4.68. The Labute approximate surface area is 158 Å². The topological polar surface area (TPSA) is 75.7 Å². The van der Waals surface area contributed by atoms with E-state index in [2.05, 4.69) is 5.32 Å². The Hall–Kier alpha value is -2.99. The summed E-state index contributed by atoms with van der Waals surface area (Å²) in [5.41, 5.74) is 3.62. The van der Waals surface area contributed by atoms with Crippen LogP contribution in [-0.4, -0.2) is 42.9 Å². The van der Waals surface area contributed by atoms with Crippen molar-refractivity contribution < 1.29 is 19.1 Å². The largest absolute Gasteiger partial charge is 0.385 e. The van der Waals surface area contributed by atoms with Crippen LogP contribution in [0.3, 0.4) is 0 Å². The van der Waals surface area contributed by atoms with Gasteiger partial charge in [0.25, 0.3) is 17.7 Å². The third kappa shape index (κ3) is 3.61. The number of hydrogen-bond donors (Lipinski definition) is 1. The first-order chi connectivity index (χ1) is 12.9. The number of carbonyl (C=O) groups excluding carboxylic acids is 3. The van der Waals surface area contributed by atoms with Crippen molar-refractivity contribution in [1.82, 2.24) is 4.90 Å². The number of rotatable bonds is 6. The van der Waals surface area contributed by atoms with Crippen LogP contribution in [0.15, 0.2) is 36.4 Å². The molecule has 6 nitrogen and oxygen atoms in total. The lowest BCUT2D eigenvalue weighted by Gasteiger charge is -2.12. The average molecular weight is 366 g/mol. The molecule has 0 fully saturated rings. The van der Waals surface area contributed by atoms with Crippen molar-refractivity contribution in [1.29, 1.82) is 0 Å². The second-order valence-electron chi connectivity index (χ2n) is 6.59. The fraction of sp³-hybridized carbons (Fsp3) is 0.286. The molecule has 0 spiro atoms. The van der Waals surface area contributed by atoms with Gasteiger partial charge in [0.2, 0.25) is 0 Å². The summed E-state index contributed by atoms with van der Waals surface area (Å²) < 4.78 is 4.97. The predicted molar refractivity (Wildman–Crippen MR) is 102 cm³/mol. The number of hydrogen-bond acceptors (Lipinski definition) is 4. The van der Waals surface area contributed by atoms with Gasteiger partial charge in [0.1, 0.15) is 0 Å². The minimum atomic E-state index is -0.368. The molecule has 2 aromatic rings. The summed E-state index contributed by atoms with van der Waals surface area (Å²) in [6.07, 6.45) is 0.571. The molecular formula is C21H22N2O4. The zero-order valence-electron chi connectivity index (χ0n) is 15.7. The van der Waals surface area contributed by atoms with Crippen molar-refractivity contribution in [2.75, 3.05) is 25.6 Å². The third-order valence-electron chi connectivity index (χ3n) is 4.68. The highest BCUT2D eigenvalue weighted by Gasteiger charge is 2.35. The number of ether oxygens (including phenoxy) is 1. The molecule has 0 aromatic heterocycles. The highest BCUT2D eigenvalue weighted by molar-refractivity contribution is 6.22. The van der Waals surface area contributed by atoms with Gasteiger partial charge in [-0.3, -0.25) is 19.3 Å². The van der Waals surface area contributed by atoms with Crippen molar-refractivity contribution in [3.63, 3.8) is 0 Å². The fourth-order valence-electron chi connectivity index (χ4n) is 3.20. The highest BCUT2D eigenvalue weighted by atomic mass is 16.5. The molecule has 0 saturated heterocycles. The number of fused-ring (bicyclic) bond motifs is 1. The van der Waals surface area contributed by atoms with Crippen LogP contribution in [0.1, 0.15) is 48.6 Å². The Morgan fingerprint density at radius 2 is 1.70 bits per heavy atom. The number of imide groups is 1. The summed E-state index contributed by atoms with van der Waals surface area (Å²) in [4.78, 5) is 38.9. The standard InChI is InChI=1S/C21H22N2O4/c1-13-6-4-7-14(2)18(13)22-19(24)15-8-9-16-17(12-15)21(26)23(20(16)25)10-5-11-27-3/h4,6-9,12H,5,10-11H2,1-3H3,(H,22,24). The van der Waals surface area contributed by atoms with Gasteiger partial charge in [-0.1, -0.05) is 18.2 Å². The Morgan fingerprint density at radius 1 is 1.04 bits per heavy atom. The van der Waals surface area contributed by atoms with Gasteiger partial charge in [-0.15, -0.1) is 0 Å². The van der Waals surface area contributed by atoms with Crippen molar-refractivity contribution >= 4 is 23.4 Å². The predicted octanol–water partition coefficient (Wildman–Crippen LogP) is 3.19. The lowest BCUT2D eigenvalue weighted by atomic mass is 10.0. The number of methoxy groups -OCH3 is 1. The lowest BCUT2D eigenvalue weighted by molar-refractivity contribution is 0.0638. The van der Waals surface area contributed by atoms with Gasteiger partial charge in [-0.05, 0) is 49.6 Å². The summed E-state index contributed by atoms with van der Waals surface area (Å²) in [7, 11) is 1.57.